The molecule has 1 unspecified atom stereocenters. The molecule has 1 atom stereocenters. The Morgan fingerprint density at radius 3 is 2.21 bits per heavy atom. The fraction of sp³-hybridized carbons (Fsp3) is 0.286. The average molecular weight is 402 g/mol. The predicted molar refractivity (Wildman–Crippen MR) is 112 cm³/mol. The second-order valence-corrected chi connectivity index (χ2v) is 6.02. The molecule has 0 aliphatic rings. The fourth-order valence-corrected chi connectivity index (χ4v) is 2.61. The molecule has 1 amide bonds. The molecule has 29 heavy (non-hydrogen) atoms. The summed E-state index contributed by atoms with van der Waals surface area (Å²) >= 11 is 0. The Kier molecular flexibility index (Phi) is 7.88. The number of ether oxygens (including phenoxy) is 4. The maximum absolute atomic E-state index is 12.1. The van der Waals surface area contributed by atoms with E-state index >= 15 is 0 Å². The van der Waals surface area contributed by atoms with Gasteiger partial charge in [0.25, 0.3) is 0 Å². The predicted octanol–water partition coefficient (Wildman–Crippen LogP) is 2.15. The SMILES string of the molecule is COc1ccc(/C=C/c2cc(OC)c(OC)c(OC)c2)c(NC(=O)C(N)CO)c1. The lowest BCUT2D eigenvalue weighted by molar-refractivity contribution is -0.118. The van der Waals surface area contributed by atoms with Crippen LogP contribution < -0.4 is 30.0 Å². The Morgan fingerprint density at radius 2 is 1.69 bits per heavy atom. The standard InChI is InChI=1S/C21H26N2O6/c1-26-15-8-7-14(17(11-15)23-21(25)16(22)12-24)6-5-13-9-18(27-2)20(29-4)19(10-13)28-3/h5-11,16,24H,12,22H2,1-4H3,(H,23,25)/b6-5+. The molecule has 0 aromatic heterocycles. The van der Waals surface area contributed by atoms with Crippen LogP contribution in [0.25, 0.3) is 12.2 Å². The molecule has 0 spiro atoms. The molecular weight excluding hydrogens is 376 g/mol. The van der Waals surface area contributed by atoms with Gasteiger partial charge in [-0.2, -0.15) is 0 Å². The van der Waals surface area contributed by atoms with E-state index in [0.717, 1.165) is 11.1 Å². The van der Waals surface area contributed by atoms with Gasteiger partial charge >= 0.3 is 0 Å². The molecule has 156 valence electrons. The number of amides is 1. The van der Waals surface area contributed by atoms with Crippen molar-refractivity contribution in [1.82, 2.24) is 0 Å². The number of benzene rings is 2. The van der Waals surface area contributed by atoms with Gasteiger partial charge in [-0.15, -0.1) is 0 Å². The molecule has 0 saturated carbocycles. The molecular formula is C21H26N2O6. The summed E-state index contributed by atoms with van der Waals surface area (Å²) in [6, 6.07) is 7.84. The Labute approximate surface area is 169 Å². The molecule has 2 aromatic carbocycles. The maximum atomic E-state index is 12.1. The minimum atomic E-state index is -1.02. The lowest BCUT2D eigenvalue weighted by atomic mass is 10.1. The van der Waals surface area contributed by atoms with Crippen LogP contribution in [0.1, 0.15) is 11.1 Å². The number of nitrogens with two attached hydrogens (primary N) is 1. The van der Waals surface area contributed by atoms with Crippen molar-refractivity contribution in [1.29, 1.82) is 0 Å². The van der Waals surface area contributed by atoms with Gasteiger partial charge in [-0.1, -0.05) is 12.2 Å². The number of hydrogen-bond acceptors (Lipinski definition) is 7. The van der Waals surface area contributed by atoms with E-state index in [0.29, 0.717) is 28.7 Å². The Morgan fingerprint density at radius 1 is 1.03 bits per heavy atom. The summed E-state index contributed by atoms with van der Waals surface area (Å²) in [6.07, 6.45) is 3.66. The number of methoxy groups -OCH3 is 4. The molecule has 8 heteroatoms. The third-order valence-electron chi connectivity index (χ3n) is 4.19. The lowest BCUT2D eigenvalue weighted by Crippen LogP contribution is -2.38. The quantitative estimate of drug-likeness (QED) is 0.551. The number of carbonyl (C=O) groups excluding carboxylic acids is 1. The fourth-order valence-electron chi connectivity index (χ4n) is 2.61. The van der Waals surface area contributed by atoms with Crippen molar-refractivity contribution in [2.75, 3.05) is 40.4 Å². The zero-order valence-corrected chi connectivity index (χ0v) is 16.9. The van der Waals surface area contributed by atoms with Gasteiger partial charge in [0.15, 0.2) is 11.5 Å². The first kappa shape index (κ1) is 22.1. The molecule has 0 aliphatic carbocycles. The topological polar surface area (TPSA) is 112 Å². The van der Waals surface area contributed by atoms with Crippen LogP contribution in [0.4, 0.5) is 5.69 Å². The van der Waals surface area contributed by atoms with E-state index in [1.54, 1.807) is 51.7 Å². The van der Waals surface area contributed by atoms with Crippen molar-refractivity contribution in [3.8, 4) is 23.0 Å². The number of rotatable bonds is 9. The summed E-state index contributed by atoms with van der Waals surface area (Å²) < 4.78 is 21.3. The number of aliphatic hydroxyl groups excluding tert-OH is 1. The largest absolute Gasteiger partial charge is 0.497 e. The van der Waals surface area contributed by atoms with E-state index in [1.165, 1.54) is 7.11 Å². The van der Waals surface area contributed by atoms with Crippen molar-refractivity contribution >= 4 is 23.7 Å². The van der Waals surface area contributed by atoms with E-state index in [1.807, 2.05) is 12.2 Å². The van der Waals surface area contributed by atoms with Gasteiger partial charge in [0.05, 0.1) is 40.7 Å². The number of hydrogen-bond donors (Lipinski definition) is 3. The first-order chi connectivity index (χ1) is 14.0. The van der Waals surface area contributed by atoms with Crippen molar-refractivity contribution < 1.29 is 28.8 Å². The second kappa shape index (κ2) is 10.4. The highest BCUT2D eigenvalue weighted by Crippen LogP contribution is 2.38. The minimum absolute atomic E-state index is 0.452. The van der Waals surface area contributed by atoms with Crippen molar-refractivity contribution in [2.45, 2.75) is 6.04 Å². The van der Waals surface area contributed by atoms with Crippen molar-refractivity contribution in [3.63, 3.8) is 0 Å². The number of carbonyl (C=O) groups is 1. The van der Waals surface area contributed by atoms with Crippen LogP contribution in [0.3, 0.4) is 0 Å². The lowest BCUT2D eigenvalue weighted by Gasteiger charge is -2.14. The average Bonchev–Trinajstić information content (AvgIpc) is 2.76. The Hall–Kier alpha value is -3.23. The van der Waals surface area contributed by atoms with Gasteiger partial charge in [-0.25, -0.2) is 0 Å². The number of anilines is 1. The zero-order chi connectivity index (χ0) is 21.4. The number of aliphatic hydroxyl groups is 1. The van der Waals surface area contributed by atoms with Gasteiger partial charge in [0.2, 0.25) is 11.7 Å². The molecule has 0 radical (unpaired) electrons. The van der Waals surface area contributed by atoms with Gasteiger partial charge in [-0.3, -0.25) is 4.79 Å². The second-order valence-electron chi connectivity index (χ2n) is 6.02. The zero-order valence-electron chi connectivity index (χ0n) is 16.9. The summed E-state index contributed by atoms with van der Waals surface area (Å²) in [4.78, 5) is 12.1. The third-order valence-corrected chi connectivity index (χ3v) is 4.19. The van der Waals surface area contributed by atoms with Crippen LogP contribution in [-0.2, 0) is 4.79 Å². The van der Waals surface area contributed by atoms with Gasteiger partial charge in [0, 0.05) is 6.07 Å². The van der Waals surface area contributed by atoms with Crippen LogP contribution in [0.15, 0.2) is 30.3 Å². The molecule has 2 rings (SSSR count). The Balaban J connectivity index is 2.40. The van der Waals surface area contributed by atoms with Crippen molar-refractivity contribution in [3.05, 3.63) is 41.5 Å². The van der Waals surface area contributed by atoms with Crippen LogP contribution in [0.2, 0.25) is 0 Å². The first-order valence-corrected chi connectivity index (χ1v) is 8.80. The van der Waals surface area contributed by atoms with Crippen LogP contribution in [-0.4, -0.2) is 52.1 Å². The normalized spacial score (nSPS) is 11.8. The van der Waals surface area contributed by atoms with Gasteiger partial charge in [-0.05, 0) is 35.4 Å². The smallest absolute Gasteiger partial charge is 0.243 e. The summed E-state index contributed by atoms with van der Waals surface area (Å²) in [5.74, 6) is 1.64. The maximum Gasteiger partial charge on any atom is 0.243 e. The monoisotopic (exact) mass is 402 g/mol. The van der Waals surface area contributed by atoms with E-state index < -0.39 is 18.6 Å². The van der Waals surface area contributed by atoms with Crippen molar-refractivity contribution in [2.24, 2.45) is 5.73 Å². The van der Waals surface area contributed by atoms with E-state index in [9.17, 15) is 4.79 Å². The Bertz CT molecular complexity index is 856. The highest BCUT2D eigenvalue weighted by molar-refractivity contribution is 5.97. The molecule has 0 fully saturated rings. The molecule has 0 aliphatic heterocycles. The minimum Gasteiger partial charge on any atom is -0.497 e. The van der Waals surface area contributed by atoms with Crippen LogP contribution in [0.5, 0.6) is 23.0 Å². The third kappa shape index (κ3) is 5.40. The van der Waals surface area contributed by atoms with E-state index in [-0.39, 0.29) is 0 Å². The first-order valence-electron chi connectivity index (χ1n) is 8.80. The highest BCUT2D eigenvalue weighted by atomic mass is 16.5. The van der Waals surface area contributed by atoms with E-state index in [4.69, 9.17) is 29.8 Å². The molecule has 0 heterocycles. The summed E-state index contributed by atoms with van der Waals surface area (Å²) in [6.45, 7) is -0.452. The van der Waals surface area contributed by atoms with Crippen LogP contribution in [0, 0.1) is 0 Å². The highest BCUT2D eigenvalue weighted by Gasteiger charge is 2.15. The van der Waals surface area contributed by atoms with Crippen LogP contribution >= 0.6 is 0 Å². The summed E-state index contributed by atoms with van der Waals surface area (Å²) in [5, 5.41) is 11.8. The molecule has 0 bridgehead atoms. The molecule has 0 saturated heterocycles. The van der Waals surface area contributed by atoms with Gasteiger partial charge in [0.1, 0.15) is 11.8 Å². The van der Waals surface area contributed by atoms with Gasteiger partial charge < -0.3 is 35.1 Å². The molecule has 2 aromatic rings. The molecule has 4 N–H and O–H groups in total. The summed E-state index contributed by atoms with van der Waals surface area (Å²) in [5.41, 5.74) is 7.62. The van der Waals surface area contributed by atoms with E-state index in [2.05, 4.69) is 5.32 Å². The molecule has 8 nitrogen and oxygen atoms in total. The number of nitrogens with one attached hydrogen (secondary N) is 1. The summed E-state index contributed by atoms with van der Waals surface area (Å²) in [7, 11) is 6.17.